The van der Waals surface area contributed by atoms with Gasteiger partial charge in [0.15, 0.2) is 0 Å². The Kier molecular flexibility index (Phi) is 5.42. The van der Waals surface area contributed by atoms with Gasteiger partial charge in [-0.25, -0.2) is 0 Å². The van der Waals surface area contributed by atoms with Gasteiger partial charge in [-0.2, -0.15) is 0 Å². The lowest BCUT2D eigenvalue weighted by Gasteiger charge is -2.36. The fourth-order valence-corrected chi connectivity index (χ4v) is 2.31. The zero-order valence-corrected chi connectivity index (χ0v) is 12.4. The van der Waals surface area contributed by atoms with Crippen LogP contribution < -0.4 is 10.6 Å². The molecule has 0 bridgehead atoms. The lowest BCUT2D eigenvalue weighted by molar-refractivity contribution is 0.155. The summed E-state index contributed by atoms with van der Waals surface area (Å²) >= 11 is 0. The van der Waals surface area contributed by atoms with Gasteiger partial charge in [-0.15, -0.1) is 0 Å². The van der Waals surface area contributed by atoms with Crippen LogP contribution in [-0.2, 0) is 0 Å². The van der Waals surface area contributed by atoms with Crippen molar-refractivity contribution in [2.24, 2.45) is 10.8 Å². The van der Waals surface area contributed by atoms with E-state index < -0.39 is 0 Å². The van der Waals surface area contributed by atoms with Crippen molar-refractivity contribution in [1.82, 2.24) is 15.5 Å². The molecule has 1 heterocycles. The van der Waals surface area contributed by atoms with E-state index in [1.165, 1.54) is 19.6 Å². The summed E-state index contributed by atoms with van der Waals surface area (Å²) in [6, 6.07) is 0. The van der Waals surface area contributed by atoms with E-state index in [-0.39, 0.29) is 0 Å². The van der Waals surface area contributed by atoms with E-state index in [4.69, 9.17) is 0 Å². The summed E-state index contributed by atoms with van der Waals surface area (Å²) in [5.41, 5.74) is 0.744. The molecule has 1 aliphatic rings. The largest absolute Gasteiger partial charge is 0.316 e. The van der Waals surface area contributed by atoms with E-state index >= 15 is 0 Å². The molecule has 0 atom stereocenters. The van der Waals surface area contributed by atoms with Crippen LogP contribution in [0.15, 0.2) is 0 Å². The van der Waals surface area contributed by atoms with Gasteiger partial charge in [0.1, 0.15) is 0 Å². The number of hydrogen-bond acceptors (Lipinski definition) is 3. The molecule has 1 rings (SSSR count). The van der Waals surface area contributed by atoms with Crippen LogP contribution >= 0.6 is 0 Å². The molecular weight excluding hydrogens is 210 g/mol. The Hall–Kier alpha value is -0.120. The van der Waals surface area contributed by atoms with Crippen molar-refractivity contribution in [3.63, 3.8) is 0 Å². The van der Waals surface area contributed by atoms with Gasteiger partial charge in [-0.3, -0.25) is 0 Å². The van der Waals surface area contributed by atoms with Crippen molar-refractivity contribution in [2.45, 2.75) is 34.6 Å². The smallest absolute Gasteiger partial charge is 0.0108 e. The Balaban J connectivity index is 2.24. The van der Waals surface area contributed by atoms with E-state index in [1.807, 2.05) is 0 Å². The summed E-state index contributed by atoms with van der Waals surface area (Å²) in [6.45, 7) is 19.7. The summed E-state index contributed by atoms with van der Waals surface area (Å²) in [5.74, 6) is 0. The zero-order valence-electron chi connectivity index (χ0n) is 12.4. The summed E-state index contributed by atoms with van der Waals surface area (Å²) in [5, 5.41) is 7.02. The molecule has 0 spiro atoms. The maximum absolute atomic E-state index is 3.61. The van der Waals surface area contributed by atoms with Gasteiger partial charge < -0.3 is 15.5 Å². The topological polar surface area (TPSA) is 27.3 Å². The molecule has 0 aromatic carbocycles. The predicted octanol–water partition coefficient (Wildman–Crippen LogP) is 1.55. The first-order chi connectivity index (χ1) is 7.79. The molecular formula is C14H31N3. The van der Waals surface area contributed by atoms with E-state index in [9.17, 15) is 0 Å². The van der Waals surface area contributed by atoms with Gasteiger partial charge in [0.25, 0.3) is 0 Å². The third kappa shape index (κ3) is 7.02. The van der Waals surface area contributed by atoms with E-state index in [0.717, 1.165) is 26.2 Å². The van der Waals surface area contributed by atoms with Crippen molar-refractivity contribution in [2.75, 3.05) is 45.8 Å². The molecule has 1 fully saturated rings. The maximum Gasteiger partial charge on any atom is 0.0108 e. The molecule has 2 N–H and O–H groups in total. The standard InChI is InChI=1S/C14H31N3/c1-13(2,3)10-16-11-14(4,5)12-17-8-6-15-7-9-17/h15-16H,6-12H2,1-5H3. The van der Waals surface area contributed by atoms with E-state index in [1.54, 1.807) is 0 Å². The average Bonchev–Trinajstić information content (AvgIpc) is 2.15. The maximum atomic E-state index is 3.61. The highest BCUT2D eigenvalue weighted by Gasteiger charge is 2.23. The Labute approximate surface area is 107 Å². The Morgan fingerprint density at radius 3 is 2.12 bits per heavy atom. The number of rotatable bonds is 5. The Bertz CT molecular complexity index is 212. The zero-order chi connectivity index (χ0) is 12.9. The minimum atomic E-state index is 0.364. The molecule has 0 amide bonds. The molecule has 0 aromatic rings. The van der Waals surface area contributed by atoms with Crippen LogP contribution in [0.3, 0.4) is 0 Å². The molecule has 3 nitrogen and oxygen atoms in total. The van der Waals surface area contributed by atoms with Crippen LogP contribution in [0.2, 0.25) is 0 Å². The van der Waals surface area contributed by atoms with Crippen LogP contribution in [0, 0.1) is 10.8 Å². The lowest BCUT2D eigenvalue weighted by atomic mass is 9.91. The number of piperazine rings is 1. The average molecular weight is 241 g/mol. The first kappa shape index (κ1) is 14.9. The van der Waals surface area contributed by atoms with Crippen LogP contribution in [0.25, 0.3) is 0 Å². The van der Waals surface area contributed by atoms with Crippen molar-refractivity contribution in [3.8, 4) is 0 Å². The molecule has 17 heavy (non-hydrogen) atoms. The second-order valence-electron chi connectivity index (χ2n) is 7.35. The molecule has 102 valence electrons. The molecule has 0 unspecified atom stereocenters. The fraction of sp³-hybridized carbons (Fsp3) is 1.00. The molecule has 1 saturated heterocycles. The summed E-state index contributed by atoms with van der Waals surface area (Å²) in [4.78, 5) is 2.58. The first-order valence-electron chi connectivity index (χ1n) is 6.92. The Morgan fingerprint density at radius 2 is 1.59 bits per heavy atom. The van der Waals surface area contributed by atoms with Crippen molar-refractivity contribution >= 4 is 0 Å². The molecule has 0 aliphatic carbocycles. The lowest BCUT2D eigenvalue weighted by Crippen LogP contribution is -2.49. The van der Waals surface area contributed by atoms with Gasteiger partial charge in [-0.05, 0) is 10.8 Å². The van der Waals surface area contributed by atoms with Gasteiger partial charge in [-0.1, -0.05) is 34.6 Å². The Morgan fingerprint density at radius 1 is 1.00 bits per heavy atom. The normalized spacial score (nSPS) is 19.6. The molecule has 0 radical (unpaired) electrons. The molecule has 1 aliphatic heterocycles. The second-order valence-corrected chi connectivity index (χ2v) is 7.35. The van der Waals surface area contributed by atoms with E-state index in [2.05, 4.69) is 50.2 Å². The van der Waals surface area contributed by atoms with Crippen LogP contribution in [-0.4, -0.2) is 50.7 Å². The van der Waals surface area contributed by atoms with E-state index in [0.29, 0.717) is 10.8 Å². The minimum absolute atomic E-state index is 0.364. The number of nitrogens with zero attached hydrogens (tertiary/aromatic N) is 1. The monoisotopic (exact) mass is 241 g/mol. The number of hydrogen-bond donors (Lipinski definition) is 2. The molecule has 0 saturated carbocycles. The van der Waals surface area contributed by atoms with Crippen molar-refractivity contribution in [3.05, 3.63) is 0 Å². The highest BCUT2D eigenvalue weighted by Crippen LogP contribution is 2.17. The molecule has 0 aromatic heterocycles. The summed E-state index contributed by atoms with van der Waals surface area (Å²) in [7, 11) is 0. The minimum Gasteiger partial charge on any atom is -0.316 e. The highest BCUT2D eigenvalue weighted by molar-refractivity contribution is 4.80. The van der Waals surface area contributed by atoms with Crippen molar-refractivity contribution < 1.29 is 0 Å². The highest BCUT2D eigenvalue weighted by atomic mass is 15.2. The predicted molar refractivity (Wildman–Crippen MR) is 75.4 cm³/mol. The van der Waals surface area contributed by atoms with Crippen LogP contribution in [0.5, 0.6) is 0 Å². The quantitative estimate of drug-likeness (QED) is 0.765. The molecule has 3 heteroatoms. The third-order valence-electron chi connectivity index (χ3n) is 3.12. The van der Waals surface area contributed by atoms with Gasteiger partial charge >= 0.3 is 0 Å². The van der Waals surface area contributed by atoms with Gasteiger partial charge in [0.05, 0.1) is 0 Å². The van der Waals surface area contributed by atoms with Crippen LogP contribution in [0.4, 0.5) is 0 Å². The first-order valence-corrected chi connectivity index (χ1v) is 6.92. The second kappa shape index (κ2) is 6.17. The summed E-state index contributed by atoms with van der Waals surface area (Å²) in [6.07, 6.45) is 0. The van der Waals surface area contributed by atoms with Crippen molar-refractivity contribution in [1.29, 1.82) is 0 Å². The summed E-state index contributed by atoms with van der Waals surface area (Å²) < 4.78 is 0. The third-order valence-corrected chi connectivity index (χ3v) is 3.12. The van der Waals surface area contributed by atoms with Gasteiger partial charge in [0.2, 0.25) is 0 Å². The SMILES string of the molecule is CC(C)(C)CNCC(C)(C)CN1CCNCC1. The van der Waals surface area contributed by atoms with Gasteiger partial charge in [0, 0.05) is 45.8 Å². The fourth-order valence-electron chi connectivity index (χ4n) is 2.31. The van der Waals surface area contributed by atoms with Crippen LogP contribution in [0.1, 0.15) is 34.6 Å². The number of nitrogens with one attached hydrogen (secondary N) is 2.